The van der Waals surface area contributed by atoms with Gasteiger partial charge in [0.05, 0.1) is 6.61 Å². The standard InChI is InChI=1S/C7H11O2/c1-3-5-6-9-7(8)4-2/h4H,1-3,5-6H2. The van der Waals surface area contributed by atoms with Gasteiger partial charge in [0.2, 0.25) is 0 Å². The van der Waals surface area contributed by atoms with Crippen molar-refractivity contribution in [3.05, 3.63) is 19.6 Å². The summed E-state index contributed by atoms with van der Waals surface area (Å²) >= 11 is 0. The first-order chi connectivity index (χ1) is 4.31. The monoisotopic (exact) mass is 127 g/mol. The molecule has 0 rings (SSSR count). The molecule has 2 nitrogen and oxygen atoms in total. The average Bonchev–Trinajstić information content (AvgIpc) is 1.89. The normalized spacial score (nSPS) is 8.56. The number of carbonyl (C=O) groups is 1. The van der Waals surface area contributed by atoms with E-state index in [0.29, 0.717) is 6.61 Å². The Morgan fingerprint density at radius 1 is 1.67 bits per heavy atom. The number of unbranched alkanes of at least 4 members (excludes halogenated alkanes) is 1. The molecule has 0 aromatic heterocycles. The summed E-state index contributed by atoms with van der Waals surface area (Å²) in [5.74, 6) is -0.358. The number of ether oxygens (including phenoxy) is 1. The fourth-order valence-corrected chi connectivity index (χ4v) is 0.334. The van der Waals surface area contributed by atoms with E-state index < -0.39 is 0 Å². The average molecular weight is 127 g/mol. The van der Waals surface area contributed by atoms with E-state index in [9.17, 15) is 4.79 Å². The molecule has 9 heavy (non-hydrogen) atoms. The molecule has 0 fully saturated rings. The molecule has 0 unspecified atom stereocenters. The Morgan fingerprint density at radius 2 is 2.33 bits per heavy atom. The smallest absolute Gasteiger partial charge is 0.330 e. The van der Waals surface area contributed by atoms with E-state index in [1.165, 1.54) is 0 Å². The van der Waals surface area contributed by atoms with E-state index in [0.717, 1.165) is 18.9 Å². The molecule has 0 aromatic rings. The second-order valence-electron chi connectivity index (χ2n) is 1.58. The van der Waals surface area contributed by atoms with Crippen LogP contribution in [0.25, 0.3) is 0 Å². The van der Waals surface area contributed by atoms with Crippen molar-refractivity contribution < 1.29 is 9.53 Å². The lowest BCUT2D eigenvalue weighted by Gasteiger charge is -1.97. The lowest BCUT2D eigenvalue weighted by molar-refractivity contribution is -0.137. The van der Waals surface area contributed by atoms with Crippen LogP contribution in [0.4, 0.5) is 0 Å². The minimum absolute atomic E-state index is 0.358. The maximum absolute atomic E-state index is 10.3. The second-order valence-corrected chi connectivity index (χ2v) is 1.58. The van der Waals surface area contributed by atoms with Crippen molar-refractivity contribution in [2.45, 2.75) is 12.8 Å². The number of hydrogen-bond acceptors (Lipinski definition) is 2. The van der Waals surface area contributed by atoms with Crippen molar-refractivity contribution in [2.24, 2.45) is 0 Å². The van der Waals surface area contributed by atoms with Crippen molar-refractivity contribution in [3.8, 4) is 0 Å². The number of rotatable bonds is 4. The molecule has 0 aliphatic rings. The molecule has 0 N–H and O–H groups in total. The molecule has 0 atom stereocenters. The maximum Gasteiger partial charge on any atom is 0.330 e. The molecule has 0 aromatic carbocycles. The van der Waals surface area contributed by atoms with Gasteiger partial charge in [-0.15, -0.1) is 0 Å². The molecule has 0 spiro atoms. The molecule has 0 saturated carbocycles. The molecule has 0 aliphatic heterocycles. The largest absolute Gasteiger partial charge is 0.463 e. The van der Waals surface area contributed by atoms with Crippen molar-refractivity contribution in [1.29, 1.82) is 0 Å². The van der Waals surface area contributed by atoms with Gasteiger partial charge in [-0.05, 0) is 6.42 Å². The highest BCUT2D eigenvalue weighted by molar-refractivity contribution is 5.81. The molecule has 0 bridgehead atoms. The summed E-state index contributed by atoms with van der Waals surface area (Å²) in [6.45, 7) is 7.29. The van der Waals surface area contributed by atoms with E-state index >= 15 is 0 Å². The van der Waals surface area contributed by atoms with Gasteiger partial charge in [-0.25, -0.2) is 4.79 Å². The van der Waals surface area contributed by atoms with E-state index in [1.54, 1.807) is 0 Å². The number of esters is 1. The SMILES string of the molecule is [CH2]CCCOC(=O)C=C. The minimum atomic E-state index is -0.358. The van der Waals surface area contributed by atoms with Crippen LogP contribution in [0, 0.1) is 6.92 Å². The summed E-state index contributed by atoms with van der Waals surface area (Å²) < 4.78 is 4.63. The predicted octanol–water partition coefficient (Wildman–Crippen LogP) is 1.33. The van der Waals surface area contributed by atoms with Crippen LogP contribution in [-0.4, -0.2) is 12.6 Å². The molecule has 0 saturated heterocycles. The van der Waals surface area contributed by atoms with Crippen LogP contribution in [-0.2, 0) is 9.53 Å². The fourth-order valence-electron chi connectivity index (χ4n) is 0.334. The quantitative estimate of drug-likeness (QED) is 0.323. The molecule has 0 heterocycles. The first-order valence-corrected chi connectivity index (χ1v) is 2.89. The Balaban J connectivity index is 3.07. The maximum atomic E-state index is 10.3. The summed E-state index contributed by atoms with van der Waals surface area (Å²) in [6.07, 6.45) is 2.77. The Bertz CT molecular complexity index is 97.1. The van der Waals surface area contributed by atoms with E-state index in [2.05, 4.69) is 18.2 Å². The van der Waals surface area contributed by atoms with Crippen molar-refractivity contribution in [2.75, 3.05) is 6.61 Å². The molecular formula is C7H11O2. The Labute approximate surface area is 55.5 Å². The van der Waals surface area contributed by atoms with Crippen molar-refractivity contribution in [1.82, 2.24) is 0 Å². The van der Waals surface area contributed by atoms with Crippen molar-refractivity contribution >= 4 is 5.97 Å². The summed E-state index contributed by atoms with van der Waals surface area (Å²) in [4.78, 5) is 10.3. The third-order valence-electron chi connectivity index (χ3n) is 0.805. The van der Waals surface area contributed by atoms with Crippen LogP contribution in [0.3, 0.4) is 0 Å². The first kappa shape index (κ1) is 8.21. The molecule has 2 heteroatoms. The fraction of sp³-hybridized carbons (Fsp3) is 0.429. The highest BCUT2D eigenvalue weighted by Gasteiger charge is 1.91. The van der Waals surface area contributed by atoms with Gasteiger partial charge in [-0.2, -0.15) is 0 Å². The van der Waals surface area contributed by atoms with Crippen LogP contribution in [0.15, 0.2) is 12.7 Å². The van der Waals surface area contributed by atoms with Gasteiger partial charge >= 0.3 is 5.97 Å². The van der Waals surface area contributed by atoms with E-state index in [4.69, 9.17) is 0 Å². The molecule has 0 aliphatic carbocycles. The lowest BCUT2D eigenvalue weighted by Crippen LogP contribution is -2.00. The number of hydrogen-bond donors (Lipinski definition) is 0. The highest BCUT2D eigenvalue weighted by Crippen LogP contribution is 1.87. The van der Waals surface area contributed by atoms with Gasteiger partial charge in [-0.3, -0.25) is 0 Å². The van der Waals surface area contributed by atoms with Crippen LogP contribution < -0.4 is 0 Å². The minimum Gasteiger partial charge on any atom is -0.463 e. The number of carbonyl (C=O) groups excluding carboxylic acids is 1. The molecule has 51 valence electrons. The highest BCUT2D eigenvalue weighted by atomic mass is 16.5. The Hall–Kier alpha value is -0.790. The zero-order valence-electron chi connectivity index (χ0n) is 5.43. The third kappa shape index (κ3) is 5.07. The summed E-state index contributed by atoms with van der Waals surface area (Å²) in [6, 6.07) is 0. The zero-order valence-corrected chi connectivity index (χ0v) is 5.43. The van der Waals surface area contributed by atoms with Crippen LogP contribution in [0.2, 0.25) is 0 Å². The molecule has 0 amide bonds. The van der Waals surface area contributed by atoms with Gasteiger partial charge in [0.1, 0.15) is 0 Å². The summed E-state index contributed by atoms with van der Waals surface area (Å²) in [5.41, 5.74) is 0. The van der Waals surface area contributed by atoms with Crippen LogP contribution in [0.1, 0.15) is 12.8 Å². The van der Waals surface area contributed by atoms with E-state index in [-0.39, 0.29) is 5.97 Å². The zero-order chi connectivity index (χ0) is 7.11. The second kappa shape index (κ2) is 5.35. The van der Waals surface area contributed by atoms with Gasteiger partial charge in [-0.1, -0.05) is 19.9 Å². The Kier molecular flexibility index (Phi) is 4.88. The topological polar surface area (TPSA) is 26.3 Å². The predicted molar refractivity (Wildman–Crippen MR) is 35.7 cm³/mol. The molecule has 1 radical (unpaired) electrons. The van der Waals surface area contributed by atoms with Crippen molar-refractivity contribution in [3.63, 3.8) is 0 Å². The summed E-state index contributed by atoms with van der Waals surface area (Å²) in [7, 11) is 0. The van der Waals surface area contributed by atoms with Crippen LogP contribution >= 0.6 is 0 Å². The van der Waals surface area contributed by atoms with Gasteiger partial charge in [0.15, 0.2) is 0 Å². The molecular weight excluding hydrogens is 116 g/mol. The summed E-state index contributed by atoms with van der Waals surface area (Å²) in [5, 5.41) is 0. The Morgan fingerprint density at radius 3 is 2.78 bits per heavy atom. The van der Waals surface area contributed by atoms with Crippen LogP contribution in [0.5, 0.6) is 0 Å². The van der Waals surface area contributed by atoms with Gasteiger partial charge in [0, 0.05) is 6.08 Å². The van der Waals surface area contributed by atoms with Gasteiger partial charge < -0.3 is 4.74 Å². The van der Waals surface area contributed by atoms with Gasteiger partial charge in [0.25, 0.3) is 0 Å². The van der Waals surface area contributed by atoms with E-state index in [1.807, 2.05) is 0 Å². The lowest BCUT2D eigenvalue weighted by atomic mass is 10.4. The third-order valence-corrected chi connectivity index (χ3v) is 0.805. The first-order valence-electron chi connectivity index (χ1n) is 2.89.